The van der Waals surface area contributed by atoms with E-state index in [2.05, 4.69) is 5.32 Å². The van der Waals surface area contributed by atoms with Crippen molar-refractivity contribution >= 4 is 17.3 Å². The minimum Gasteiger partial charge on any atom is -0.490 e. The van der Waals surface area contributed by atoms with Gasteiger partial charge in [0.15, 0.2) is 17.5 Å². The first-order chi connectivity index (χ1) is 11.0. The standard InChI is InChI=1S/C16H13F3N2O2/c1-21-6-7-23-13-5-2-9(8-12(13)21)20-16(22)10-3-4-11(17)15(19)14(10)18/h2-5,8H,6-7H2,1H3,(H,20,22). The molecule has 0 bridgehead atoms. The first-order valence-electron chi connectivity index (χ1n) is 6.90. The second-order valence-corrected chi connectivity index (χ2v) is 5.13. The highest BCUT2D eigenvalue weighted by atomic mass is 19.2. The third kappa shape index (κ3) is 2.81. The molecule has 0 unspecified atom stereocenters. The van der Waals surface area contributed by atoms with E-state index in [4.69, 9.17) is 4.74 Å². The number of nitrogens with zero attached hydrogens (tertiary/aromatic N) is 1. The van der Waals surface area contributed by atoms with Crippen molar-refractivity contribution in [2.45, 2.75) is 0 Å². The van der Waals surface area contributed by atoms with Crippen LogP contribution in [0.1, 0.15) is 10.4 Å². The van der Waals surface area contributed by atoms with Crippen molar-refractivity contribution in [2.75, 3.05) is 30.4 Å². The number of anilines is 2. The number of halogens is 3. The van der Waals surface area contributed by atoms with Gasteiger partial charge in [-0.2, -0.15) is 0 Å². The SMILES string of the molecule is CN1CCOc2ccc(NC(=O)c3ccc(F)c(F)c3F)cc21. The Morgan fingerprint density at radius 2 is 1.96 bits per heavy atom. The fraction of sp³-hybridized carbons (Fsp3) is 0.188. The highest BCUT2D eigenvalue weighted by molar-refractivity contribution is 6.04. The van der Waals surface area contributed by atoms with Crippen LogP contribution in [0.3, 0.4) is 0 Å². The quantitative estimate of drug-likeness (QED) is 0.864. The van der Waals surface area contributed by atoms with Crippen LogP contribution in [0.5, 0.6) is 5.75 Å². The van der Waals surface area contributed by atoms with E-state index in [1.807, 2.05) is 11.9 Å². The molecule has 2 aromatic carbocycles. The third-order valence-corrected chi connectivity index (χ3v) is 3.59. The Labute approximate surface area is 130 Å². The Kier molecular flexibility index (Phi) is 3.85. The summed E-state index contributed by atoms with van der Waals surface area (Å²) in [6.45, 7) is 1.26. The molecule has 0 aromatic heterocycles. The summed E-state index contributed by atoms with van der Waals surface area (Å²) in [6, 6.07) is 6.55. The Balaban J connectivity index is 1.86. The second-order valence-electron chi connectivity index (χ2n) is 5.13. The Hall–Kier alpha value is -2.70. The molecule has 0 radical (unpaired) electrons. The van der Waals surface area contributed by atoms with Gasteiger partial charge in [-0.25, -0.2) is 13.2 Å². The van der Waals surface area contributed by atoms with Crippen LogP contribution in [0.2, 0.25) is 0 Å². The van der Waals surface area contributed by atoms with Crippen molar-refractivity contribution in [3.63, 3.8) is 0 Å². The van der Waals surface area contributed by atoms with Crippen molar-refractivity contribution in [1.29, 1.82) is 0 Å². The molecule has 2 aromatic rings. The summed E-state index contributed by atoms with van der Waals surface area (Å²) in [4.78, 5) is 14.0. The highest BCUT2D eigenvalue weighted by Crippen LogP contribution is 2.33. The Morgan fingerprint density at radius 1 is 1.17 bits per heavy atom. The molecule has 120 valence electrons. The molecule has 23 heavy (non-hydrogen) atoms. The Morgan fingerprint density at radius 3 is 2.74 bits per heavy atom. The summed E-state index contributed by atoms with van der Waals surface area (Å²) in [7, 11) is 1.88. The van der Waals surface area contributed by atoms with Crippen LogP contribution in [-0.4, -0.2) is 26.1 Å². The van der Waals surface area contributed by atoms with Crippen LogP contribution in [0.25, 0.3) is 0 Å². The van der Waals surface area contributed by atoms with Crippen LogP contribution in [-0.2, 0) is 0 Å². The Bertz CT molecular complexity index is 780. The minimum absolute atomic E-state index is 0.398. The molecule has 1 heterocycles. The molecule has 1 N–H and O–H groups in total. The van der Waals surface area contributed by atoms with Gasteiger partial charge in [-0.05, 0) is 30.3 Å². The molecule has 7 heteroatoms. The summed E-state index contributed by atoms with van der Waals surface area (Å²) >= 11 is 0. The van der Waals surface area contributed by atoms with Gasteiger partial charge < -0.3 is 15.0 Å². The first-order valence-corrected chi connectivity index (χ1v) is 6.90. The van der Waals surface area contributed by atoms with E-state index >= 15 is 0 Å². The van der Waals surface area contributed by atoms with Crippen molar-refractivity contribution in [2.24, 2.45) is 0 Å². The van der Waals surface area contributed by atoms with Crippen molar-refractivity contribution in [1.82, 2.24) is 0 Å². The molecule has 0 saturated heterocycles. The average molecular weight is 322 g/mol. The first kappa shape index (κ1) is 15.2. The number of nitrogens with one attached hydrogen (secondary N) is 1. The zero-order valence-corrected chi connectivity index (χ0v) is 12.2. The van der Waals surface area contributed by atoms with E-state index in [0.717, 1.165) is 11.8 Å². The van der Waals surface area contributed by atoms with Gasteiger partial charge in [-0.15, -0.1) is 0 Å². The minimum atomic E-state index is -1.67. The lowest BCUT2D eigenvalue weighted by Crippen LogP contribution is -2.28. The fourth-order valence-electron chi connectivity index (χ4n) is 2.33. The number of ether oxygens (including phenoxy) is 1. The number of amides is 1. The predicted octanol–water partition coefficient (Wildman–Crippen LogP) is 3.18. The molecule has 1 aliphatic heterocycles. The van der Waals surface area contributed by atoms with Gasteiger partial charge in [0.1, 0.15) is 12.4 Å². The molecular formula is C16H13F3N2O2. The zero-order chi connectivity index (χ0) is 16.6. The maximum absolute atomic E-state index is 13.6. The number of hydrogen-bond acceptors (Lipinski definition) is 3. The van der Waals surface area contributed by atoms with Crippen molar-refractivity contribution < 1.29 is 22.7 Å². The molecular weight excluding hydrogens is 309 g/mol. The number of likely N-dealkylation sites (N-methyl/N-ethyl adjacent to an activating group) is 1. The van der Waals surface area contributed by atoms with Crippen LogP contribution in [0.15, 0.2) is 30.3 Å². The second kappa shape index (κ2) is 5.83. The fourth-order valence-corrected chi connectivity index (χ4v) is 2.33. The van der Waals surface area contributed by atoms with Crippen LogP contribution in [0, 0.1) is 17.5 Å². The van der Waals surface area contributed by atoms with Gasteiger partial charge >= 0.3 is 0 Å². The van der Waals surface area contributed by atoms with E-state index in [-0.39, 0.29) is 0 Å². The lowest BCUT2D eigenvalue weighted by atomic mass is 10.1. The van der Waals surface area contributed by atoms with E-state index < -0.39 is 28.9 Å². The number of fused-ring (bicyclic) bond motifs is 1. The van der Waals surface area contributed by atoms with E-state index in [0.29, 0.717) is 30.7 Å². The third-order valence-electron chi connectivity index (χ3n) is 3.59. The highest BCUT2D eigenvalue weighted by Gasteiger charge is 2.20. The topological polar surface area (TPSA) is 41.6 Å². The van der Waals surface area contributed by atoms with E-state index in [1.54, 1.807) is 18.2 Å². The van der Waals surface area contributed by atoms with Crippen molar-refractivity contribution in [3.05, 3.63) is 53.3 Å². The van der Waals surface area contributed by atoms with Gasteiger partial charge in [0.05, 0.1) is 17.8 Å². The number of hydrogen-bond donors (Lipinski definition) is 1. The molecule has 0 saturated carbocycles. The lowest BCUT2D eigenvalue weighted by molar-refractivity contribution is 0.102. The molecule has 0 aliphatic carbocycles. The molecule has 3 rings (SSSR count). The smallest absolute Gasteiger partial charge is 0.258 e. The molecule has 1 aliphatic rings. The van der Waals surface area contributed by atoms with Gasteiger partial charge in [-0.3, -0.25) is 4.79 Å². The van der Waals surface area contributed by atoms with Gasteiger partial charge in [0.2, 0.25) is 0 Å². The van der Waals surface area contributed by atoms with Crippen molar-refractivity contribution in [3.8, 4) is 5.75 Å². The summed E-state index contributed by atoms with van der Waals surface area (Å²) < 4.78 is 45.3. The van der Waals surface area contributed by atoms with Crippen LogP contribution in [0.4, 0.5) is 24.5 Å². The lowest BCUT2D eigenvalue weighted by Gasteiger charge is -2.28. The largest absolute Gasteiger partial charge is 0.490 e. The normalized spacial score (nSPS) is 13.3. The molecule has 0 spiro atoms. The monoisotopic (exact) mass is 322 g/mol. The summed E-state index contributed by atoms with van der Waals surface area (Å²) in [5.41, 5.74) is 0.612. The number of rotatable bonds is 2. The molecule has 1 amide bonds. The maximum atomic E-state index is 13.6. The molecule has 0 atom stereocenters. The number of benzene rings is 2. The average Bonchev–Trinajstić information content (AvgIpc) is 2.53. The summed E-state index contributed by atoms with van der Waals surface area (Å²) in [5, 5.41) is 2.47. The van der Waals surface area contributed by atoms with Gasteiger partial charge in [-0.1, -0.05) is 0 Å². The number of carbonyl (C=O) groups is 1. The summed E-state index contributed by atoms with van der Waals surface area (Å²) in [5.74, 6) is -4.71. The zero-order valence-electron chi connectivity index (χ0n) is 12.2. The summed E-state index contributed by atoms with van der Waals surface area (Å²) in [6.07, 6.45) is 0. The maximum Gasteiger partial charge on any atom is 0.258 e. The van der Waals surface area contributed by atoms with Gasteiger partial charge in [0.25, 0.3) is 5.91 Å². The van der Waals surface area contributed by atoms with E-state index in [1.165, 1.54) is 0 Å². The van der Waals surface area contributed by atoms with E-state index in [9.17, 15) is 18.0 Å². The van der Waals surface area contributed by atoms with Crippen LogP contribution >= 0.6 is 0 Å². The van der Waals surface area contributed by atoms with Gasteiger partial charge in [0, 0.05) is 12.7 Å². The molecule has 4 nitrogen and oxygen atoms in total. The number of carbonyl (C=O) groups excluding carboxylic acids is 1. The van der Waals surface area contributed by atoms with Crippen LogP contribution < -0.4 is 15.0 Å². The molecule has 0 fully saturated rings. The predicted molar refractivity (Wildman–Crippen MR) is 79.5 cm³/mol.